The summed E-state index contributed by atoms with van der Waals surface area (Å²) in [5.74, 6) is 1.44. The minimum Gasteiger partial charge on any atom is -0.441 e. The Kier molecular flexibility index (Phi) is 2.51. The fourth-order valence-electron chi connectivity index (χ4n) is 1.85. The molecule has 0 radical (unpaired) electrons. The van der Waals surface area contributed by atoms with E-state index in [-0.39, 0.29) is 0 Å². The normalized spacial score (nSPS) is 11.5. The van der Waals surface area contributed by atoms with Gasteiger partial charge in [-0.3, -0.25) is 0 Å². The zero-order valence-electron chi connectivity index (χ0n) is 9.79. The lowest BCUT2D eigenvalue weighted by Crippen LogP contribution is -1.93. The lowest BCUT2D eigenvalue weighted by atomic mass is 10.1. The van der Waals surface area contributed by atoms with E-state index in [4.69, 9.17) is 4.42 Å². The second kappa shape index (κ2) is 3.69. The van der Waals surface area contributed by atoms with Crippen LogP contribution in [0.15, 0.2) is 16.5 Å². The molecule has 0 unspecified atom stereocenters. The van der Waals surface area contributed by atoms with Gasteiger partial charge in [-0.05, 0) is 37.0 Å². The lowest BCUT2D eigenvalue weighted by Gasteiger charge is -1.96. The number of oxazole rings is 1. The Labute approximate surface area is 90.3 Å². The molecule has 0 atom stereocenters. The molecule has 0 aliphatic carbocycles. The molecule has 15 heavy (non-hydrogen) atoms. The van der Waals surface area contributed by atoms with Crippen LogP contribution in [0.3, 0.4) is 0 Å². The number of nitrogens with zero attached hydrogens (tertiary/aromatic N) is 1. The van der Waals surface area contributed by atoms with Crippen molar-refractivity contribution >= 4 is 11.1 Å². The molecule has 2 heteroatoms. The van der Waals surface area contributed by atoms with Crippen molar-refractivity contribution in [3.05, 3.63) is 29.2 Å². The van der Waals surface area contributed by atoms with Gasteiger partial charge in [0.05, 0.1) is 0 Å². The maximum Gasteiger partial charge on any atom is 0.195 e. The molecule has 0 N–H and O–H groups in total. The fraction of sp³-hybridized carbons (Fsp3) is 0.462. The Balaban J connectivity index is 2.50. The summed E-state index contributed by atoms with van der Waals surface area (Å²) in [5, 5.41) is 0. The maximum absolute atomic E-state index is 5.73. The standard InChI is InChI=1S/C13H17NO/c1-8(2)5-12-14-13-10(4)6-9(3)7-11(13)15-12/h6-8H,5H2,1-4H3. The summed E-state index contributed by atoms with van der Waals surface area (Å²) in [6, 6.07) is 4.20. The highest BCUT2D eigenvalue weighted by atomic mass is 16.3. The molecule has 0 saturated carbocycles. The van der Waals surface area contributed by atoms with Gasteiger partial charge in [0, 0.05) is 6.42 Å². The number of aryl methyl sites for hydroxylation is 2. The molecule has 0 saturated heterocycles. The van der Waals surface area contributed by atoms with E-state index < -0.39 is 0 Å². The number of benzene rings is 1. The molecular weight excluding hydrogens is 186 g/mol. The zero-order valence-corrected chi connectivity index (χ0v) is 9.79. The second-order valence-corrected chi connectivity index (χ2v) is 4.63. The number of fused-ring (bicyclic) bond motifs is 1. The quantitative estimate of drug-likeness (QED) is 0.744. The van der Waals surface area contributed by atoms with Crippen LogP contribution in [0.4, 0.5) is 0 Å². The van der Waals surface area contributed by atoms with Crippen molar-refractivity contribution in [2.24, 2.45) is 5.92 Å². The Bertz CT molecular complexity index is 482. The Morgan fingerprint density at radius 2 is 2.00 bits per heavy atom. The topological polar surface area (TPSA) is 26.0 Å². The molecule has 1 heterocycles. The van der Waals surface area contributed by atoms with E-state index in [0.29, 0.717) is 5.92 Å². The fourth-order valence-corrected chi connectivity index (χ4v) is 1.85. The Morgan fingerprint density at radius 1 is 1.27 bits per heavy atom. The minimum atomic E-state index is 0.583. The summed E-state index contributed by atoms with van der Waals surface area (Å²) in [6.45, 7) is 8.51. The zero-order chi connectivity index (χ0) is 11.0. The van der Waals surface area contributed by atoms with Crippen molar-refractivity contribution < 1.29 is 4.42 Å². The van der Waals surface area contributed by atoms with Gasteiger partial charge in [-0.25, -0.2) is 4.98 Å². The second-order valence-electron chi connectivity index (χ2n) is 4.63. The van der Waals surface area contributed by atoms with Gasteiger partial charge in [0.25, 0.3) is 0 Å². The molecule has 2 aromatic rings. The number of hydrogen-bond acceptors (Lipinski definition) is 2. The first-order valence-corrected chi connectivity index (χ1v) is 5.43. The molecular formula is C13H17NO. The van der Waals surface area contributed by atoms with Crippen molar-refractivity contribution in [2.75, 3.05) is 0 Å². The monoisotopic (exact) mass is 203 g/mol. The largest absolute Gasteiger partial charge is 0.441 e. The minimum absolute atomic E-state index is 0.583. The SMILES string of the molecule is Cc1cc(C)c2nc(CC(C)C)oc2c1. The number of aromatic nitrogens is 1. The molecule has 0 aliphatic rings. The van der Waals surface area contributed by atoms with Crippen LogP contribution in [0.2, 0.25) is 0 Å². The third-order valence-electron chi connectivity index (χ3n) is 2.46. The molecule has 80 valence electrons. The van der Waals surface area contributed by atoms with Gasteiger partial charge in [-0.2, -0.15) is 0 Å². The summed E-state index contributed by atoms with van der Waals surface area (Å²) in [5.41, 5.74) is 4.36. The predicted molar refractivity (Wildman–Crippen MR) is 62.0 cm³/mol. The van der Waals surface area contributed by atoms with Gasteiger partial charge in [0.2, 0.25) is 0 Å². The molecule has 0 aliphatic heterocycles. The van der Waals surface area contributed by atoms with Crippen LogP contribution in [0.25, 0.3) is 11.1 Å². The first-order chi connectivity index (χ1) is 7.06. The molecule has 0 fully saturated rings. The van der Waals surface area contributed by atoms with Crippen LogP contribution < -0.4 is 0 Å². The third-order valence-corrected chi connectivity index (χ3v) is 2.46. The smallest absolute Gasteiger partial charge is 0.195 e. The van der Waals surface area contributed by atoms with Crippen LogP contribution in [-0.4, -0.2) is 4.98 Å². The van der Waals surface area contributed by atoms with Crippen LogP contribution in [0.1, 0.15) is 30.9 Å². The predicted octanol–water partition coefficient (Wildman–Crippen LogP) is 3.64. The van der Waals surface area contributed by atoms with Crippen molar-refractivity contribution in [1.29, 1.82) is 0 Å². The van der Waals surface area contributed by atoms with E-state index in [9.17, 15) is 0 Å². The highest BCUT2D eigenvalue weighted by molar-refractivity contribution is 5.77. The van der Waals surface area contributed by atoms with E-state index in [0.717, 1.165) is 23.4 Å². The van der Waals surface area contributed by atoms with Gasteiger partial charge in [0.15, 0.2) is 11.5 Å². The first kappa shape index (κ1) is 10.2. The van der Waals surface area contributed by atoms with E-state index in [1.165, 1.54) is 11.1 Å². The van der Waals surface area contributed by atoms with Gasteiger partial charge in [0.1, 0.15) is 5.52 Å². The molecule has 1 aromatic heterocycles. The third kappa shape index (κ3) is 2.04. The van der Waals surface area contributed by atoms with Crippen LogP contribution in [-0.2, 0) is 6.42 Å². The summed E-state index contributed by atoms with van der Waals surface area (Å²) >= 11 is 0. The summed E-state index contributed by atoms with van der Waals surface area (Å²) in [6.07, 6.45) is 0.910. The average Bonchev–Trinajstić information content (AvgIpc) is 2.45. The number of rotatable bonds is 2. The van der Waals surface area contributed by atoms with E-state index >= 15 is 0 Å². The van der Waals surface area contributed by atoms with Crippen LogP contribution in [0, 0.1) is 19.8 Å². The van der Waals surface area contributed by atoms with Crippen molar-refractivity contribution in [2.45, 2.75) is 34.1 Å². The number of hydrogen-bond donors (Lipinski definition) is 0. The molecule has 0 spiro atoms. The van der Waals surface area contributed by atoms with Gasteiger partial charge in [-0.15, -0.1) is 0 Å². The highest BCUT2D eigenvalue weighted by Gasteiger charge is 2.09. The summed E-state index contributed by atoms with van der Waals surface area (Å²) in [7, 11) is 0. The van der Waals surface area contributed by atoms with Crippen LogP contribution in [0.5, 0.6) is 0 Å². The van der Waals surface area contributed by atoms with E-state index in [1.54, 1.807) is 0 Å². The maximum atomic E-state index is 5.73. The summed E-state index contributed by atoms with van der Waals surface area (Å²) in [4.78, 5) is 4.53. The molecule has 2 nitrogen and oxygen atoms in total. The molecule has 0 bridgehead atoms. The van der Waals surface area contributed by atoms with Crippen molar-refractivity contribution in [3.8, 4) is 0 Å². The molecule has 0 amide bonds. The van der Waals surface area contributed by atoms with Gasteiger partial charge in [-0.1, -0.05) is 19.9 Å². The van der Waals surface area contributed by atoms with Gasteiger partial charge >= 0.3 is 0 Å². The van der Waals surface area contributed by atoms with E-state index in [2.05, 4.69) is 44.8 Å². The van der Waals surface area contributed by atoms with Crippen LogP contribution >= 0.6 is 0 Å². The average molecular weight is 203 g/mol. The van der Waals surface area contributed by atoms with Crippen molar-refractivity contribution in [3.63, 3.8) is 0 Å². The lowest BCUT2D eigenvalue weighted by molar-refractivity contribution is 0.482. The van der Waals surface area contributed by atoms with E-state index in [1.807, 2.05) is 0 Å². The molecule has 2 rings (SSSR count). The molecule has 1 aromatic carbocycles. The van der Waals surface area contributed by atoms with Crippen molar-refractivity contribution in [1.82, 2.24) is 4.98 Å². The summed E-state index contributed by atoms with van der Waals surface area (Å²) < 4.78 is 5.73. The first-order valence-electron chi connectivity index (χ1n) is 5.43. The van der Waals surface area contributed by atoms with Gasteiger partial charge < -0.3 is 4.42 Å². The Hall–Kier alpha value is -1.31. The highest BCUT2D eigenvalue weighted by Crippen LogP contribution is 2.22. The Morgan fingerprint density at radius 3 is 2.67 bits per heavy atom.